The minimum atomic E-state index is -0.192. The Kier molecular flexibility index (Phi) is 4.48. The second-order valence-electron chi connectivity index (χ2n) is 5.90. The van der Waals surface area contributed by atoms with Crippen LogP contribution in [-0.4, -0.2) is 24.9 Å². The summed E-state index contributed by atoms with van der Waals surface area (Å²) in [4.78, 5) is 0. The summed E-state index contributed by atoms with van der Waals surface area (Å²) in [6.07, 6.45) is 1.33. The van der Waals surface area contributed by atoms with Gasteiger partial charge in [-0.1, -0.05) is 18.2 Å². The number of ether oxygens (including phenoxy) is 2. The maximum atomic E-state index is 6.01. The van der Waals surface area contributed by atoms with Gasteiger partial charge in [-0.15, -0.1) is 0 Å². The molecule has 1 aromatic carbocycles. The van der Waals surface area contributed by atoms with Crippen LogP contribution in [0.1, 0.15) is 45.7 Å². The zero-order valence-corrected chi connectivity index (χ0v) is 12.4. The van der Waals surface area contributed by atoms with Crippen LogP contribution < -0.4 is 10.1 Å². The average Bonchev–Trinajstić information content (AvgIpc) is 2.59. The summed E-state index contributed by atoms with van der Waals surface area (Å²) in [5.74, 6) is 1.00. The molecule has 0 saturated heterocycles. The van der Waals surface area contributed by atoms with Gasteiger partial charge < -0.3 is 14.8 Å². The summed E-state index contributed by atoms with van der Waals surface area (Å²) in [7, 11) is 0. The smallest absolute Gasteiger partial charge is 0.125 e. The Morgan fingerprint density at radius 2 is 2.05 bits per heavy atom. The Bertz CT molecular complexity index is 415. The highest BCUT2D eigenvalue weighted by molar-refractivity contribution is 5.42. The summed E-state index contributed by atoms with van der Waals surface area (Å²) >= 11 is 0. The molecule has 1 aliphatic heterocycles. The zero-order valence-electron chi connectivity index (χ0n) is 12.4. The second-order valence-corrected chi connectivity index (χ2v) is 5.90. The molecule has 1 unspecified atom stereocenters. The molecular weight excluding hydrogens is 238 g/mol. The van der Waals surface area contributed by atoms with Gasteiger partial charge in [-0.05, 0) is 46.7 Å². The molecule has 0 spiro atoms. The van der Waals surface area contributed by atoms with E-state index >= 15 is 0 Å². The normalized spacial score (nSPS) is 20.4. The molecule has 0 aliphatic carbocycles. The molecule has 1 N–H and O–H groups in total. The first-order chi connectivity index (χ1) is 9.00. The van der Waals surface area contributed by atoms with E-state index in [1.165, 1.54) is 5.56 Å². The Hall–Kier alpha value is -1.06. The van der Waals surface area contributed by atoms with Crippen LogP contribution in [0.15, 0.2) is 24.3 Å². The van der Waals surface area contributed by atoms with Crippen LogP contribution in [0.5, 0.6) is 5.75 Å². The topological polar surface area (TPSA) is 30.5 Å². The number of hydrogen-bond donors (Lipinski definition) is 1. The van der Waals surface area contributed by atoms with Crippen molar-refractivity contribution in [2.45, 2.75) is 51.9 Å². The van der Waals surface area contributed by atoms with Crippen molar-refractivity contribution in [3.8, 4) is 5.75 Å². The van der Waals surface area contributed by atoms with Crippen LogP contribution in [-0.2, 0) is 4.74 Å². The van der Waals surface area contributed by atoms with E-state index in [0.29, 0.717) is 6.10 Å². The maximum Gasteiger partial charge on any atom is 0.125 e. The van der Waals surface area contributed by atoms with Gasteiger partial charge in [0, 0.05) is 12.2 Å². The van der Waals surface area contributed by atoms with E-state index in [0.717, 1.165) is 25.3 Å². The van der Waals surface area contributed by atoms with Gasteiger partial charge in [0.05, 0.1) is 12.1 Å². The van der Waals surface area contributed by atoms with Crippen molar-refractivity contribution in [2.24, 2.45) is 0 Å². The van der Waals surface area contributed by atoms with Crippen molar-refractivity contribution in [1.29, 1.82) is 0 Å². The summed E-state index contributed by atoms with van der Waals surface area (Å²) in [6.45, 7) is 10.2. The first-order valence-electron chi connectivity index (χ1n) is 7.13. The molecule has 1 aromatic rings. The molecule has 0 saturated carbocycles. The van der Waals surface area contributed by atoms with Gasteiger partial charge in [-0.2, -0.15) is 0 Å². The molecular formula is C16H25NO2. The lowest BCUT2D eigenvalue weighted by Crippen LogP contribution is -2.39. The van der Waals surface area contributed by atoms with Gasteiger partial charge >= 0.3 is 0 Å². The Balaban J connectivity index is 1.88. The third kappa shape index (κ3) is 3.48. The molecule has 1 heterocycles. The van der Waals surface area contributed by atoms with Crippen molar-refractivity contribution < 1.29 is 9.47 Å². The van der Waals surface area contributed by atoms with Gasteiger partial charge in [-0.25, -0.2) is 0 Å². The van der Waals surface area contributed by atoms with Crippen LogP contribution in [0.3, 0.4) is 0 Å². The van der Waals surface area contributed by atoms with Gasteiger partial charge in [0.2, 0.25) is 0 Å². The highest BCUT2D eigenvalue weighted by Crippen LogP contribution is 2.42. The number of rotatable bonds is 6. The van der Waals surface area contributed by atoms with E-state index < -0.39 is 0 Å². The molecule has 3 nitrogen and oxygen atoms in total. The molecule has 1 aliphatic rings. The van der Waals surface area contributed by atoms with E-state index in [4.69, 9.17) is 9.47 Å². The van der Waals surface area contributed by atoms with Crippen LogP contribution in [0.2, 0.25) is 0 Å². The minimum Gasteiger partial charge on any atom is -0.486 e. The van der Waals surface area contributed by atoms with Crippen LogP contribution in [0.4, 0.5) is 0 Å². The fourth-order valence-electron chi connectivity index (χ4n) is 2.52. The van der Waals surface area contributed by atoms with Crippen molar-refractivity contribution in [3.05, 3.63) is 29.8 Å². The number of hydrogen-bond acceptors (Lipinski definition) is 3. The predicted molar refractivity (Wildman–Crippen MR) is 77.6 cm³/mol. The molecule has 106 valence electrons. The highest BCUT2D eigenvalue weighted by atomic mass is 16.5. The number of para-hydroxylation sites is 1. The lowest BCUT2D eigenvalue weighted by atomic mass is 9.94. The third-order valence-corrected chi connectivity index (χ3v) is 3.42. The quantitative estimate of drug-likeness (QED) is 0.799. The largest absolute Gasteiger partial charge is 0.486 e. The lowest BCUT2D eigenvalue weighted by Gasteiger charge is -2.27. The Labute approximate surface area is 116 Å². The molecule has 0 aromatic heterocycles. The van der Waals surface area contributed by atoms with Crippen molar-refractivity contribution in [3.63, 3.8) is 0 Å². The molecule has 19 heavy (non-hydrogen) atoms. The molecule has 0 fully saturated rings. The summed E-state index contributed by atoms with van der Waals surface area (Å²) in [5, 5.41) is 3.60. The molecule has 0 bridgehead atoms. The van der Waals surface area contributed by atoms with E-state index in [1.807, 2.05) is 12.1 Å². The van der Waals surface area contributed by atoms with Gasteiger partial charge in [0.15, 0.2) is 0 Å². The van der Waals surface area contributed by atoms with Gasteiger partial charge in [0.1, 0.15) is 11.4 Å². The summed E-state index contributed by atoms with van der Waals surface area (Å²) < 4.78 is 11.6. The van der Waals surface area contributed by atoms with Gasteiger partial charge in [0.25, 0.3) is 0 Å². The molecule has 3 heteroatoms. The fourth-order valence-corrected chi connectivity index (χ4v) is 2.52. The first-order valence-corrected chi connectivity index (χ1v) is 7.13. The zero-order chi connectivity index (χ0) is 13.9. The second kappa shape index (κ2) is 5.93. The van der Waals surface area contributed by atoms with E-state index in [2.05, 4.69) is 45.1 Å². The summed E-state index contributed by atoms with van der Waals surface area (Å²) in [5.41, 5.74) is 1.07. The minimum absolute atomic E-state index is 0.192. The number of benzene rings is 1. The van der Waals surface area contributed by atoms with Crippen LogP contribution in [0.25, 0.3) is 0 Å². The predicted octanol–water partition coefficient (Wildman–Crippen LogP) is 3.30. The first kappa shape index (κ1) is 14.4. The number of nitrogens with one attached hydrogen (secondary N) is 1. The lowest BCUT2D eigenvalue weighted by molar-refractivity contribution is 0.0712. The van der Waals surface area contributed by atoms with Crippen molar-refractivity contribution in [1.82, 2.24) is 5.32 Å². The Morgan fingerprint density at radius 1 is 1.32 bits per heavy atom. The van der Waals surface area contributed by atoms with Crippen LogP contribution >= 0.6 is 0 Å². The third-order valence-electron chi connectivity index (χ3n) is 3.42. The van der Waals surface area contributed by atoms with Crippen molar-refractivity contribution >= 4 is 0 Å². The van der Waals surface area contributed by atoms with E-state index in [-0.39, 0.29) is 11.6 Å². The van der Waals surface area contributed by atoms with E-state index in [9.17, 15) is 0 Å². The Morgan fingerprint density at radius 3 is 2.79 bits per heavy atom. The average molecular weight is 263 g/mol. The standard InChI is InChI=1S/C16H25NO2/c1-12(2)18-11-7-10-17-15-13-8-5-6-9-14(13)19-16(15,3)4/h5-6,8-9,12,15,17H,7,10-11H2,1-4H3. The van der Waals surface area contributed by atoms with E-state index in [1.54, 1.807) is 0 Å². The SMILES string of the molecule is CC(C)OCCCNC1c2ccccc2OC1(C)C. The van der Waals surface area contributed by atoms with Crippen molar-refractivity contribution in [2.75, 3.05) is 13.2 Å². The monoisotopic (exact) mass is 263 g/mol. The summed E-state index contributed by atoms with van der Waals surface area (Å²) in [6, 6.07) is 8.53. The van der Waals surface area contributed by atoms with Gasteiger partial charge in [-0.3, -0.25) is 0 Å². The fraction of sp³-hybridized carbons (Fsp3) is 0.625. The molecule has 1 atom stereocenters. The maximum absolute atomic E-state index is 6.01. The number of fused-ring (bicyclic) bond motifs is 1. The highest BCUT2D eigenvalue weighted by Gasteiger charge is 2.40. The molecule has 2 rings (SSSR count). The molecule has 0 amide bonds. The van der Waals surface area contributed by atoms with Crippen LogP contribution in [0, 0.1) is 0 Å². The molecule has 0 radical (unpaired) electrons.